The number of aliphatic hydroxyl groups excluding tert-OH is 8. The number of ether oxygens (including phenoxy) is 4. The van der Waals surface area contributed by atoms with E-state index in [2.05, 4.69) is 19.2 Å². The van der Waals surface area contributed by atoms with Crippen molar-refractivity contribution in [1.29, 1.82) is 0 Å². The maximum atomic E-state index is 13.1. The van der Waals surface area contributed by atoms with Crippen LogP contribution in [-0.2, 0) is 23.7 Å². The fraction of sp³-hybridized carbons (Fsp3) is 0.978. The molecular formula is C45H87NO13. The third kappa shape index (κ3) is 21.8. The van der Waals surface area contributed by atoms with Gasteiger partial charge in [0.05, 0.1) is 32.0 Å². The maximum Gasteiger partial charge on any atom is 0.220 e. The highest BCUT2D eigenvalue weighted by molar-refractivity contribution is 5.76. The number of rotatable bonds is 36. The van der Waals surface area contributed by atoms with Crippen molar-refractivity contribution in [2.75, 3.05) is 19.8 Å². The molecular weight excluding hydrogens is 762 g/mol. The monoisotopic (exact) mass is 850 g/mol. The van der Waals surface area contributed by atoms with Crippen molar-refractivity contribution in [3.05, 3.63) is 0 Å². The number of hydrogen-bond acceptors (Lipinski definition) is 13. The molecule has 0 saturated carbocycles. The number of unbranched alkanes of at least 4 members (excludes halogenated alkanes) is 23. The van der Waals surface area contributed by atoms with Crippen molar-refractivity contribution in [3.8, 4) is 0 Å². The van der Waals surface area contributed by atoms with Gasteiger partial charge in [0.2, 0.25) is 5.91 Å². The van der Waals surface area contributed by atoms with Crippen LogP contribution in [0.5, 0.6) is 0 Å². The van der Waals surface area contributed by atoms with Gasteiger partial charge >= 0.3 is 0 Å². The molecule has 0 bridgehead atoms. The van der Waals surface area contributed by atoms with Crippen LogP contribution in [0, 0.1) is 0 Å². The Morgan fingerprint density at radius 2 is 0.966 bits per heavy atom. The van der Waals surface area contributed by atoms with E-state index in [1.54, 1.807) is 0 Å². The summed E-state index contributed by atoms with van der Waals surface area (Å²) in [7, 11) is 0. The number of nitrogens with one attached hydrogen (secondary N) is 1. The van der Waals surface area contributed by atoms with Gasteiger partial charge in [0, 0.05) is 6.42 Å². The summed E-state index contributed by atoms with van der Waals surface area (Å²) in [4.78, 5) is 13.1. The lowest BCUT2D eigenvalue weighted by atomic mass is 9.97. The summed E-state index contributed by atoms with van der Waals surface area (Å²) in [5, 5.41) is 86.6. The van der Waals surface area contributed by atoms with Gasteiger partial charge in [0.1, 0.15) is 48.8 Å². The normalized spacial score (nSPS) is 28.4. The van der Waals surface area contributed by atoms with E-state index in [0.29, 0.717) is 12.8 Å². The highest BCUT2D eigenvalue weighted by Crippen LogP contribution is 2.30. The first-order chi connectivity index (χ1) is 28.6. The highest BCUT2D eigenvalue weighted by atomic mass is 16.7. The largest absolute Gasteiger partial charge is 0.394 e. The molecule has 2 heterocycles. The Bertz CT molecular complexity index is 1010. The molecule has 350 valence electrons. The number of carbonyl (C=O) groups is 1. The van der Waals surface area contributed by atoms with Gasteiger partial charge in [-0.15, -0.1) is 0 Å². The van der Waals surface area contributed by atoms with Crippen LogP contribution in [0.4, 0.5) is 0 Å². The third-order valence-corrected chi connectivity index (χ3v) is 12.1. The Balaban J connectivity index is 1.87. The quantitative estimate of drug-likeness (QED) is 0.0377. The van der Waals surface area contributed by atoms with E-state index in [1.165, 1.54) is 109 Å². The molecule has 2 fully saturated rings. The Morgan fingerprint density at radius 3 is 1.44 bits per heavy atom. The van der Waals surface area contributed by atoms with Gasteiger partial charge in [-0.2, -0.15) is 0 Å². The molecule has 0 spiro atoms. The minimum Gasteiger partial charge on any atom is -0.394 e. The smallest absolute Gasteiger partial charge is 0.220 e. The molecule has 1 amide bonds. The molecule has 0 aromatic rings. The summed E-state index contributed by atoms with van der Waals surface area (Å²) in [5.74, 6) is -0.207. The fourth-order valence-electron chi connectivity index (χ4n) is 8.12. The second-order valence-corrected chi connectivity index (χ2v) is 17.2. The van der Waals surface area contributed by atoms with E-state index in [0.717, 1.165) is 51.4 Å². The van der Waals surface area contributed by atoms with E-state index in [4.69, 9.17) is 18.9 Å². The predicted octanol–water partition coefficient (Wildman–Crippen LogP) is 5.05. The number of carbonyl (C=O) groups excluding carboxylic acids is 1. The van der Waals surface area contributed by atoms with Crippen LogP contribution in [0.3, 0.4) is 0 Å². The van der Waals surface area contributed by atoms with Crippen LogP contribution in [0.25, 0.3) is 0 Å². The summed E-state index contributed by atoms with van der Waals surface area (Å²) in [5.41, 5.74) is 0. The van der Waals surface area contributed by atoms with Crippen LogP contribution in [0.1, 0.15) is 187 Å². The van der Waals surface area contributed by atoms with Crippen LogP contribution in [0.2, 0.25) is 0 Å². The zero-order valence-electron chi connectivity index (χ0n) is 36.8. The lowest BCUT2D eigenvalue weighted by Gasteiger charge is -2.46. The van der Waals surface area contributed by atoms with Gasteiger partial charge in [-0.3, -0.25) is 4.79 Å². The van der Waals surface area contributed by atoms with E-state index in [1.807, 2.05) is 0 Å². The Hall–Kier alpha value is -1.01. The molecule has 14 heteroatoms. The Labute approximate surface area is 355 Å². The first kappa shape index (κ1) is 54.1. The molecule has 14 nitrogen and oxygen atoms in total. The Morgan fingerprint density at radius 1 is 0.542 bits per heavy atom. The summed E-state index contributed by atoms with van der Waals surface area (Å²) < 4.78 is 22.7. The van der Waals surface area contributed by atoms with Crippen LogP contribution >= 0.6 is 0 Å². The van der Waals surface area contributed by atoms with Crippen LogP contribution in [0.15, 0.2) is 0 Å². The van der Waals surface area contributed by atoms with Crippen molar-refractivity contribution in [2.24, 2.45) is 0 Å². The fourth-order valence-corrected chi connectivity index (χ4v) is 8.12. The van der Waals surface area contributed by atoms with Gasteiger partial charge in [0.15, 0.2) is 12.6 Å². The van der Waals surface area contributed by atoms with Crippen molar-refractivity contribution < 1.29 is 64.6 Å². The SMILES string of the molecule is CCCCCCCCCCCCCCCC(O)C(COC1OC(CO)C(OC2OC(CO)C(O)C(O)C2O)C(O)C1O)NC(=O)CCCCCCCCCCCCCC. The minimum absolute atomic E-state index is 0.207. The van der Waals surface area contributed by atoms with Crippen LogP contribution in [-0.4, -0.2) is 140 Å². The van der Waals surface area contributed by atoms with Gasteiger partial charge in [-0.05, 0) is 12.8 Å². The molecule has 0 aliphatic carbocycles. The predicted molar refractivity (Wildman–Crippen MR) is 226 cm³/mol. The number of aliphatic hydroxyl groups is 8. The topological polar surface area (TPSA) is 228 Å². The summed E-state index contributed by atoms with van der Waals surface area (Å²) >= 11 is 0. The summed E-state index contributed by atoms with van der Waals surface area (Å²) in [6, 6.07) is -0.819. The average molecular weight is 850 g/mol. The molecule has 2 aliphatic rings. The standard InChI is InChI=1S/C45H87NO13/c1-3-5-7-9-11-13-15-17-18-20-22-24-26-28-34(49)33(46-37(50)29-27-25-23-21-19-16-14-12-10-8-6-4-2)32-56-44-42(55)40(53)43(36(31-48)58-44)59-45-41(54)39(52)38(51)35(30-47)57-45/h33-36,38-45,47-49,51-55H,3-32H2,1-2H3,(H,46,50). The van der Waals surface area contributed by atoms with Crippen molar-refractivity contribution in [3.63, 3.8) is 0 Å². The van der Waals surface area contributed by atoms with E-state index in [-0.39, 0.29) is 12.5 Å². The zero-order valence-corrected chi connectivity index (χ0v) is 36.8. The van der Waals surface area contributed by atoms with Crippen molar-refractivity contribution in [2.45, 2.75) is 261 Å². The molecule has 2 aliphatic heterocycles. The van der Waals surface area contributed by atoms with Gasteiger partial charge in [-0.1, -0.05) is 168 Å². The summed E-state index contributed by atoms with van der Waals surface area (Å²) in [6.07, 6.45) is 13.9. The minimum atomic E-state index is -1.78. The molecule has 0 aromatic heterocycles. The molecule has 2 rings (SSSR count). The second-order valence-electron chi connectivity index (χ2n) is 17.2. The van der Waals surface area contributed by atoms with Gasteiger partial charge < -0.3 is 65.1 Å². The van der Waals surface area contributed by atoms with Gasteiger partial charge in [-0.25, -0.2) is 0 Å². The molecule has 0 radical (unpaired) electrons. The lowest BCUT2D eigenvalue weighted by Crippen LogP contribution is -2.65. The zero-order chi connectivity index (χ0) is 43.3. The third-order valence-electron chi connectivity index (χ3n) is 12.1. The van der Waals surface area contributed by atoms with E-state index < -0.39 is 86.8 Å². The van der Waals surface area contributed by atoms with E-state index >= 15 is 0 Å². The number of amides is 1. The molecule has 9 N–H and O–H groups in total. The Kier molecular flexibility index (Phi) is 30.8. The van der Waals surface area contributed by atoms with Crippen molar-refractivity contribution >= 4 is 5.91 Å². The number of hydrogen-bond donors (Lipinski definition) is 9. The molecule has 2 saturated heterocycles. The van der Waals surface area contributed by atoms with Crippen molar-refractivity contribution in [1.82, 2.24) is 5.32 Å². The van der Waals surface area contributed by atoms with Crippen LogP contribution < -0.4 is 5.32 Å². The van der Waals surface area contributed by atoms with E-state index in [9.17, 15) is 45.6 Å². The molecule has 12 atom stereocenters. The van der Waals surface area contributed by atoms with Gasteiger partial charge in [0.25, 0.3) is 0 Å². The molecule has 59 heavy (non-hydrogen) atoms. The first-order valence-electron chi connectivity index (χ1n) is 23.8. The lowest BCUT2D eigenvalue weighted by molar-refractivity contribution is -0.359. The summed E-state index contributed by atoms with van der Waals surface area (Å²) in [6.45, 7) is 2.83. The average Bonchev–Trinajstić information content (AvgIpc) is 3.23. The molecule has 0 aromatic carbocycles. The maximum absolute atomic E-state index is 13.1. The first-order valence-corrected chi connectivity index (χ1v) is 23.8. The molecule has 12 unspecified atom stereocenters. The second kappa shape index (κ2) is 33.5. The highest BCUT2D eigenvalue weighted by Gasteiger charge is 2.51.